The van der Waals surface area contributed by atoms with E-state index in [4.69, 9.17) is 5.26 Å². The smallest absolute Gasteiger partial charge is 0.126 e. The van der Waals surface area contributed by atoms with Crippen molar-refractivity contribution in [2.75, 3.05) is 25.0 Å². The number of pyridine rings is 1. The van der Waals surface area contributed by atoms with Crippen molar-refractivity contribution in [3.63, 3.8) is 0 Å². The highest BCUT2D eigenvalue weighted by Gasteiger charge is 2.08. The minimum atomic E-state index is 0.582. The van der Waals surface area contributed by atoms with Gasteiger partial charge >= 0.3 is 0 Å². The van der Waals surface area contributed by atoms with Gasteiger partial charge in [-0.15, -0.1) is 0 Å². The number of nitrogens with one attached hydrogen (secondary N) is 1. The van der Waals surface area contributed by atoms with Crippen molar-refractivity contribution >= 4 is 5.82 Å². The molecule has 4 heteroatoms. The van der Waals surface area contributed by atoms with Crippen molar-refractivity contribution in [2.24, 2.45) is 5.92 Å². The molecule has 1 aromatic heterocycles. The van der Waals surface area contributed by atoms with Gasteiger partial charge in [-0.1, -0.05) is 20.8 Å². The zero-order chi connectivity index (χ0) is 14.8. The van der Waals surface area contributed by atoms with Gasteiger partial charge in [-0.05, 0) is 30.0 Å². The Morgan fingerprint density at radius 3 is 2.90 bits per heavy atom. The lowest BCUT2D eigenvalue weighted by Crippen LogP contribution is -2.28. The molecule has 20 heavy (non-hydrogen) atoms. The third kappa shape index (κ3) is 6.53. The summed E-state index contributed by atoms with van der Waals surface area (Å²) in [6.07, 6.45) is 3.53. The average Bonchev–Trinajstić information content (AvgIpc) is 2.42. The second-order valence-electron chi connectivity index (χ2n) is 5.51. The third-order valence-corrected chi connectivity index (χ3v) is 2.95. The molecule has 0 radical (unpaired) electrons. The first-order chi connectivity index (χ1) is 9.65. The molecular formula is C16H26N4. The number of anilines is 1. The average molecular weight is 274 g/mol. The van der Waals surface area contributed by atoms with Gasteiger partial charge in [0.05, 0.1) is 6.07 Å². The molecule has 0 amide bonds. The van der Waals surface area contributed by atoms with E-state index in [0.29, 0.717) is 12.3 Å². The summed E-state index contributed by atoms with van der Waals surface area (Å²) in [7, 11) is 0. The Morgan fingerprint density at radius 2 is 2.25 bits per heavy atom. The summed E-state index contributed by atoms with van der Waals surface area (Å²) in [6, 6.07) is 6.39. The molecule has 0 saturated heterocycles. The van der Waals surface area contributed by atoms with Gasteiger partial charge in [-0.3, -0.25) is 4.90 Å². The standard InChI is InChI=1S/C16H26N4/c1-4-8-18-16-11-15(6-9-19-16)13-20(10-5-7-17)12-14(2)3/h6,9,11,14H,4-5,8,10,12-13H2,1-3H3,(H,18,19). The topological polar surface area (TPSA) is 52.0 Å². The van der Waals surface area contributed by atoms with Crippen LogP contribution >= 0.6 is 0 Å². The lowest BCUT2D eigenvalue weighted by molar-refractivity contribution is 0.241. The molecule has 0 fully saturated rings. The van der Waals surface area contributed by atoms with Gasteiger partial charge < -0.3 is 5.32 Å². The summed E-state index contributed by atoms with van der Waals surface area (Å²) in [5, 5.41) is 12.1. The fourth-order valence-electron chi connectivity index (χ4n) is 2.14. The maximum absolute atomic E-state index is 8.76. The molecule has 0 aliphatic carbocycles. The van der Waals surface area contributed by atoms with Crippen molar-refractivity contribution in [3.8, 4) is 6.07 Å². The molecule has 110 valence electrons. The molecule has 1 heterocycles. The van der Waals surface area contributed by atoms with Gasteiger partial charge in [0, 0.05) is 38.8 Å². The van der Waals surface area contributed by atoms with Crippen LogP contribution in [-0.4, -0.2) is 29.5 Å². The lowest BCUT2D eigenvalue weighted by Gasteiger charge is -2.23. The predicted octanol–water partition coefficient (Wildman–Crippen LogP) is 3.28. The number of nitriles is 1. The van der Waals surface area contributed by atoms with Crippen LogP contribution in [0.25, 0.3) is 0 Å². The second kappa shape index (κ2) is 9.33. The number of aromatic nitrogens is 1. The third-order valence-electron chi connectivity index (χ3n) is 2.95. The van der Waals surface area contributed by atoms with Crippen molar-refractivity contribution in [2.45, 2.75) is 40.2 Å². The molecule has 0 spiro atoms. The summed E-state index contributed by atoms with van der Waals surface area (Å²) in [4.78, 5) is 6.67. The highest BCUT2D eigenvalue weighted by molar-refractivity contribution is 5.37. The molecule has 0 atom stereocenters. The van der Waals surface area contributed by atoms with E-state index < -0.39 is 0 Å². The van der Waals surface area contributed by atoms with E-state index in [9.17, 15) is 0 Å². The van der Waals surface area contributed by atoms with Gasteiger partial charge in [0.25, 0.3) is 0 Å². The Kier molecular flexibility index (Phi) is 7.67. The first-order valence-electron chi connectivity index (χ1n) is 7.43. The van der Waals surface area contributed by atoms with Crippen LogP contribution in [-0.2, 0) is 6.54 Å². The maximum Gasteiger partial charge on any atom is 0.126 e. The van der Waals surface area contributed by atoms with E-state index in [1.807, 2.05) is 6.20 Å². The predicted molar refractivity (Wildman–Crippen MR) is 83.4 cm³/mol. The van der Waals surface area contributed by atoms with E-state index in [1.165, 1.54) is 5.56 Å². The van der Waals surface area contributed by atoms with Crippen molar-refractivity contribution < 1.29 is 0 Å². The summed E-state index contributed by atoms with van der Waals surface area (Å²) in [6.45, 7) is 10.2. The van der Waals surface area contributed by atoms with E-state index in [1.54, 1.807) is 0 Å². The number of hydrogen-bond donors (Lipinski definition) is 1. The van der Waals surface area contributed by atoms with Crippen LogP contribution in [0.4, 0.5) is 5.82 Å². The van der Waals surface area contributed by atoms with Crippen molar-refractivity contribution in [1.29, 1.82) is 5.26 Å². The maximum atomic E-state index is 8.76. The van der Waals surface area contributed by atoms with Crippen LogP contribution in [0, 0.1) is 17.2 Å². The van der Waals surface area contributed by atoms with Crippen LogP contribution in [0.3, 0.4) is 0 Å². The molecular weight excluding hydrogens is 248 g/mol. The number of hydrogen-bond acceptors (Lipinski definition) is 4. The van der Waals surface area contributed by atoms with Crippen molar-refractivity contribution in [3.05, 3.63) is 23.9 Å². The lowest BCUT2D eigenvalue weighted by atomic mass is 10.1. The van der Waals surface area contributed by atoms with E-state index in [-0.39, 0.29) is 0 Å². The molecule has 0 aliphatic heterocycles. The minimum absolute atomic E-state index is 0.582. The van der Waals surface area contributed by atoms with Crippen molar-refractivity contribution in [1.82, 2.24) is 9.88 Å². The zero-order valence-corrected chi connectivity index (χ0v) is 12.9. The van der Waals surface area contributed by atoms with E-state index in [0.717, 1.165) is 38.4 Å². The van der Waals surface area contributed by atoms with Gasteiger partial charge in [0.2, 0.25) is 0 Å². The molecule has 1 N–H and O–H groups in total. The normalized spacial score (nSPS) is 10.8. The Morgan fingerprint density at radius 1 is 1.45 bits per heavy atom. The molecule has 4 nitrogen and oxygen atoms in total. The summed E-state index contributed by atoms with van der Waals surface area (Å²) in [5.41, 5.74) is 1.25. The number of nitrogens with zero attached hydrogens (tertiary/aromatic N) is 3. The fraction of sp³-hybridized carbons (Fsp3) is 0.625. The highest BCUT2D eigenvalue weighted by Crippen LogP contribution is 2.11. The van der Waals surface area contributed by atoms with Gasteiger partial charge in [-0.2, -0.15) is 5.26 Å². The summed E-state index contributed by atoms with van der Waals surface area (Å²) >= 11 is 0. The monoisotopic (exact) mass is 274 g/mol. The van der Waals surface area contributed by atoms with Crippen LogP contribution in [0.2, 0.25) is 0 Å². The number of rotatable bonds is 9. The van der Waals surface area contributed by atoms with Gasteiger partial charge in [-0.25, -0.2) is 4.98 Å². The Bertz CT molecular complexity index is 423. The first kappa shape index (κ1) is 16.5. The molecule has 0 aliphatic rings. The summed E-state index contributed by atoms with van der Waals surface area (Å²) in [5.74, 6) is 1.54. The molecule has 1 aromatic rings. The van der Waals surface area contributed by atoms with Crippen LogP contribution < -0.4 is 5.32 Å². The Labute approximate surface area is 122 Å². The quantitative estimate of drug-likeness (QED) is 0.751. The van der Waals surface area contributed by atoms with E-state index >= 15 is 0 Å². The van der Waals surface area contributed by atoms with Gasteiger partial charge in [0.1, 0.15) is 5.82 Å². The second-order valence-corrected chi connectivity index (χ2v) is 5.51. The molecule has 0 aromatic carbocycles. The molecule has 0 saturated carbocycles. The first-order valence-corrected chi connectivity index (χ1v) is 7.43. The SMILES string of the molecule is CCCNc1cc(CN(CCC#N)CC(C)C)ccn1. The largest absolute Gasteiger partial charge is 0.370 e. The Balaban J connectivity index is 2.64. The Hall–Kier alpha value is -1.60. The molecule has 1 rings (SSSR count). The molecule has 0 bridgehead atoms. The van der Waals surface area contributed by atoms with Crippen LogP contribution in [0.1, 0.15) is 39.2 Å². The zero-order valence-electron chi connectivity index (χ0n) is 12.9. The fourth-order valence-corrected chi connectivity index (χ4v) is 2.14. The van der Waals surface area contributed by atoms with E-state index in [2.05, 4.69) is 54.2 Å². The minimum Gasteiger partial charge on any atom is -0.370 e. The van der Waals surface area contributed by atoms with Crippen LogP contribution in [0.5, 0.6) is 0 Å². The van der Waals surface area contributed by atoms with Gasteiger partial charge in [0.15, 0.2) is 0 Å². The molecule has 0 unspecified atom stereocenters. The highest BCUT2D eigenvalue weighted by atomic mass is 15.1. The van der Waals surface area contributed by atoms with Crippen LogP contribution in [0.15, 0.2) is 18.3 Å². The summed E-state index contributed by atoms with van der Waals surface area (Å²) < 4.78 is 0.